The van der Waals surface area contributed by atoms with E-state index in [4.69, 9.17) is 14.2 Å². The van der Waals surface area contributed by atoms with Crippen molar-refractivity contribution in [2.45, 2.75) is 20.3 Å². The Morgan fingerprint density at radius 3 is 2.33 bits per heavy atom. The molecular formula is C21H28N2O4. The van der Waals surface area contributed by atoms with Gasteiger partial charge in [0, 0.05) is 11.8 Å². The van der Waals surface area contributed by atoms with E-state index in [9.17, 15) is 4.79 Å². The summed E-state index contributed by atoms with van der Waals surface area (Å²) in [6, 6.07) is 12.8. The van der Waals surface area contributed by atoms with Crippen LogP contribution in [0.3, 0.4) is 0 Å². The number of ether oxygens (including phenoxy) is 3. The van der Waals surface area contributed by atoms with E-state index in [0.29, 0.717) is 29.7 Å². The number of carbonyl (C=O) groups excluding carboxylic acids is 1. The molecule has 6 nitrogen and oxygen atoms in total. The highest BCUT2D eigenvalue weighted by atomic mass is 16.5. The summed E-state index contributed by atoms with van der Waals surface area (Å²) in [7, 11) is 3.13. The van der Waals surface area contributed by atoms with Gasteiger partial charge >= 0.3 is 0 Å². The third kappa shape index (κ3) is 6.73. The highest BCUT2D eigenvalue weighted by Crippen LogP contribution is 2.28. The van der Waals surface area contributed by atoms with E-state index in [1.807, 2.05) is 24.3 Å². The molecule has 0 atom stereocenters. The SMILES string of the molecule is COc1ccc(OC)c(NC(=O)CNc2ccc(OCCC(C)C)cc2)c1. The van der Waals surface area contributed by atoms with Crippen LogP contribution in [-0.2, 0) is 4.79 Å². The Morgan fingerprint density at radius 2 is 1.70 bits per heavy atom. The Labute approximate surface area is 160 Å². The molecule has 2 N–H and O–H groups in total. The Balaban J connectivity index is 1.85. The second-order valence-electron chi connectivity index (χ2n) is 6.52. The summed E-state index contributed by atoms with van der Waals surface area (Å²) in [5.74, 6) is 2.48. The van der Waals surface area contributed by atoms with Gasteiger partial charge in [-0.2, -0.15) is 0 Å². The van der Waals surface area contributed by atoms with Crippen molar-refractivity contribution >= 4 is 17.3 Å². The van der Waals surface area contributed by atoms with Gasteiger partial charge in [-0.25, -0.2) is 0 Å². The maximum Gasteiger partial charge on any atom is 0.243 e. The van der Waals surface area contributed by atoms with Crippen LogP contribution in [0.25, 0.3) is 0 Å². The first-order chi connectivity index (χ1) is 13.0. The highest BCUT2D eigenvalue weighted by molar-refractivity contribution is 5.95. The molecule has 1 amide bonds. The molecule has 0 radical (unpaired) electrons. The van der Waals surface area contributed by atoms with E-state index in [0.717, 1.165) is 17.9 Å². The lowest BCUT2D eigenvalue weighted by Crippen LogP contribution is -2.22. The zero-order valence-electron chi connectivity index (χ0n) is 16.4. The molecular weight excluding hydrogens is 344 g/mol. The van der Waals surface area contributed by atoms with Gasteiger partial charge in [-0.1, -0.05) is 13.8 Å². The number of methoxy groups -OCH3 is 2. The van der Waals surface area contributed by atoms with Crippen LogP contribution in [0.1, 0.15) is 20.3 Å². The second kappa shape index (κ2) is 10.3. The smallest absolute Gasteiger partial charge is 0.243 e. The molecule has 0 aliphatic rings. The summed E-state index contributed by atoms with van der Waals surface area (Å²) in [6.45, 7) is 5.17. The molecule has 2 rings (SSSR count). The molecule has 0 saturated heterocycles. The molecule has 0 unspecified atom stereocenters. The van der Waals surface area contributed by atoms with Crippen molar-refractivity contribution in [3.05, 3.63) is 42.5 Å². The minimum atomic E-state index is -0.182. The number of nitrogens with one attached hydrogen (secondary N) is 2. The molecule has 0 heterocycles. The summed E-state index contributed by atoms with van der Waals surface area (Å²) in [5, 5.41) is 5.92. The Hall–Kier alpha value is -2.89. The highest BCUT2D eigenvalue weighted by Gasteiger charge is 2.09. The van der Waals surface area contributed by atoms with Crippen molar-refractivity contribution in [3.8, 4) is 17.2 Å². The molecule has 0 saturated carbocycles. The van der Waals surface area contributed by atoms with E-state index in [-0.39, 0.29) is 12.5 Å². The number of benzene rings is 2. The Morgan fingerprint density at radius 1 is 1.00 bits per heavy atom. The molecule has 0 fully saturated rings. The number of rotatable bonds is 10. The molecule has 2 aromatic rings. The van der Waals surface area contributed by atoms with Crippen LogP contribution in [0.15, 0.2) is 42.5 Å². The second-order valence-corrected chi connectivity index (χ2v) is 6.52. The van der Waals surface area contributed by atoms with Gasteiger partial charge in [0.15, 0.2) is 0 Å². The zero-order chi connectivity index (χ0) is 19.6. The van der Waals surface area contributed by atoms with Crippen molar-refractivity contribution in [2.75, 3.05) is 38.0 Å². The Bertz CT molecular complexity index is 729. The lowest BCUT2D eigenvalue weighted by Gasteiger charge is -2.13. The predicted octanol–water partition coefficient (Wildman–Crippen LogP) is 4.18. The summed E-state index contributed by atoms with van der Waals surface area (Å²) in [6.07, 6.45) is 1.02. The monoisotopic (exact) mass is 372 g/mol. The fourth-order valence-corrected chi connectivity index (χ4v) is 2.37. The third-order valence-electron chi connectivity index (χ3n) is 3.95. The first kappa shape index (κ1) is 20.4. The van der Waals surface area contributed by atoms with Crippen LogP contribution in [-0.4, -0.2) is 33.3 Å². The molecule has 2 aromatic carbocycles. The van der Waals surface area contributed by atoms with Gasteiger partial charge in [-0.15, -0.1) is 0 Å². The molecule has 0 bridgehead atoms. The van der Waals surface area contributed by atoms with Crippen LogP contribution >= 0.6 is 0 Å². The van der Waals surface area contributed by atoms with Gasteiger partial charge in [0.2, 0.25) is 5.91 Å². The minimum Gasteiger partial charge on any atom is -0.497 e. The fraction of sp³-hybridized carbons (Fsp3) is 0.381. The van der Waals surface area contributed by atoms with Crippen molar-refractivity contribution in [3.63, 3.8) is 0 Å². The standard InChI is InChI=1S/C21H28N2O4/c1-15(2)11-12-27-17-7-5-16(6-8-17)22-14-21(24)23-19-13-18(25-3)9-10-20(19)26-4/h5-10,13,15,22H,11-12,14H2,1-4H3,(H,23,24). The summed E-state index contributed by atoms with van der Waals surface area (Å²) in [4.78, 5) is 12.2. The first-order valence-electron chi connectivity index (χ1n) is 9.00. The topological polar surface area (TPSA) is 68.8 Å². The van der Waals surface area contributed by atoms with E-state index >= 15 is 0 Å². The van der Waals surface area contributed by atoms with Crippen molar-refractivity contribution < 1.29 is 19.0 Å². The fourth-order valence-electron chi connectivity index (χ4n) is 2.37. The summed E-state index contributed by atoms with van der Waals surface area (Å²) in [5.41, 5.74) is 1.41. The van der Waals surface area contributed by atoms with Crippen LogP contribution < -0.4 is 24.8 Å². The zero-order valence-corrected chi connectivity index (χ0v) is 16.4. The predicted molar refractivity (Wildman–Crippen MR) is 108 cm³/mol. The van der Waals surface area contributed by atoms with Crippen LogP contribution in [0.5, 0.6) is 17.2 Å². The van der Waals surface area contributed by atoms with E-state index in [1.54, 1.807) is 32.4 Å². The molecule has 0 aromatic heterocycles. The van der Waals surface area contributed by atoms with Gasteiger partial charge < -0.3 is 24.8 Å². The molecule has 0 spiro atoms. The van der Waals surface area contributed by atoms with Gasteiger partial charge in [-0.3, -0.25) is 4.79 Å². The van der Waals surface area contributed by atoms with E-state index in [1.165, 1.54) is 0 Å². The average molecular weight is 372 g/mol. The van der Waals surface area contributed by atoms with Gasteiger partial charge in [0.25, 0.3) is 0 Å². The maximum absolute atomic E-state index is 12.2. The van der Waals surface area contributed by atoms with E-state index in [2.05, 4.69) is 24.5 Å². The molecule has 27 heavy (non-hydrogen) atoms. The largest absolute Gasteiger partial charge is 0.497 e. The van der Waals surface area contributed by atoms with Crippen molar-refractivity contribution in [1.82, 2.24) is 0 Å². The maximum atomic E-state index is 12.2. The first-order valence-corrected chi connectivity index (χ1v) is 9.00. The molecule has 0 aliphatic heterocycles. The molecule has 0 aliphatic carbocycles. The summed E-state index contributed by atoms with van der Waals surface area (Å²) < 4.78 is 16.1. The summed E-state index contributed by atoms with van der Waals surface area (Å²) >= 11 is 0. The number of anilines is 2. The van der Waals surface area contributed by atoms with Gasteiger partial charge in [-0.05, 0) is 48.7 Å². The number of hydrogen-bond donors (Lipinski definition) is 2. The van der Waals surface area contributed by atoms with Gasteiger partial charge in [0.1, 0.15) is 17.2 Å². The molecule has 6 heteroatoms. The number of amides is 1. The third-order valence-corrected chi connectivity index (χ3v) is 3.95. The average Bonchev–Trinajstić information content (AvgIpc) is 2.67. The normalized spacial score (nSPS) is 10.4. The Kier molecular flexibility index (Phi) is 7.79. The van der Waals surface area contributed by atoms with Crippen LogP contribution in [0.4, 0.5) is 11.4 Å². The van der Waals surface area contributed by atoms with Crippen LogP contribution in [0, 0.1) is 5.92 Å². The molecule has 146 valence electrons. The minimum absolute atomic E-state index is 0.133. The number of carbonyl (C=O) groups is 1. The van der Waals surface area contributed by atoms with E-state index < -0.39 is 0 Å². The quantitative estimate of drug-likeness (QED) is 0.655. The van der Waals surface area contributed by atoms with Crippen molar-refractivity contribution in [1.29, 1.82) is 0 Å². The lowest BCUT2D eigenvalue weighted by molar-refractivity contribution is -0.114. The van der Waals surface area contributed by atoms with Crippen LogP contribution in [0.2, 0.25) is 0 Å². The lowest BCUT2D eigenvalue weighted by atomic mass is 10.1. The van der Waals surface area contributed by atoms with Crippen molar-refractivity contribution in [2.24, 2.45) is 5.92 Å². The van der Waals surface area contributed by atoms with Gasteiger partial charge in [0.05, 0.1) is 33.1 Å². The number of hydrogen-bond acceptors (Lipinski definition) is 5.